The zero-order valence-corrected chi connectivity index (χ0v) is 25.6. The number of Topliss-reactive ketones (excluding diaryl/α,β-unsaturated/α-hetero) is 2. The average molecular weight is 568 g/mol. The lowest BCUT2D eigenvalue weighted by Crippen LogP contribution is -2.10. The topological polar surface area (TPSA) is 81.5 Å². The van der Waals surface area contributed by atoms with Crippen molar-refractivity contribution in [2.45, 2.75) is 53.4 Å². The number of ketones is 2. The molecule has 0 fully saturated rings. The smallest absolute Gasteiger partial charge is 0.161 e. The second kappa shape index (κ2) is 11.1. The van der Waals surface area contributed by atoms with Gasteiger partial charge in [-0.1, -0.05) is 72.8 Å². The number of fused-ring (bicyclic) bond motifs is 1. The molecule has 3 aromatic heterocycles. The van der Waals surface area contributed by atoms with Crippen molar-refractivity contribution in [3.63, 3.8) is 0 Å². The van der Waals surface area contributed by atoms with E-state index in [1.54, 1.807) is 13.8 Å². The zero-order valence-electron chi connectivity index (χ0n) is 25.6. The number of aromatic nitrogens is 3. The van der Waals surface area contributed by atoms with Crippen LogP contribution in [-0.2, 0) is 0 Å². The first-order valence-corrected chi connectivity index (χ1v) is 14.8. The van der Waals surface area contributed by atoms with E-state index in [9.17, 15) is 9.59 Å². The van der Waals surface area contributed by atoms with Crippen LogP contribution in [0.4, 0.5) is 0 Å². The third-order valence-corrected chi connectivity index (χ3v) is 8.85. The number of hydrogen-bond donors (Lipinski definition) is 3. The minimum Gasteiger partial charge on any atom is -0.361 e. The maximum Gasteiger partial charge on any atom is 0.161 e. The lowest BCUT2D eigenvalue weighted by atomic mass is 9.86. The molecule has 0 spiro atoms. The number of aromatic amines is 3. The summed E-state index contributed by atoms with van der Waals surface area (Å²) in [4.78, 5) is 36.2. The molecule has 2 atom stereocenters. The number of rotatable bonds is 8. The Kier molecular flexibility index (Phi) is 7.26. The van der Waals surface area contributed by atoms with E-state index in [2.05, 4.69) is 93.8 Å². The molecule has 0 bridgehead atoms. The first kappa shape index (κ1) is 28.2. The predicted octanol–water partition coefficient (Wildman–Crippen LogP) is 8.82. The van der Waals surface area contributed by atoms with E-state index in [0.29, 0.717) is 0 Å². The summed E-state index contributed by atoms with van der Waals surface area (Å²) in [7, 11) is 0. The van der Waals surface area contributed by atoms with Crippen molar-refractivity contribution in [3.05, 3.63) is 152 Å². The largest absolute Gasteiger partial charge is 0.361 e. The first-order chi connectivity index (χ1) is 20.7. The number of benzene rings is 3. The van der Waals surface area contributed by atoms with E-state index >= 15 is 0 Å². The number of H-pyrrole nitrogens is 3. The van der Waals surface area contributed by atoms with Gasteiger partial charge in [0.25, 0.3) is 0 Å². The van der Waals surface area contributed by atoms with E-state index in [1.807, 2.05) is 33.8 Å². The minimum absolute atomic E-state index is 0.0596. The van der Waals surface area contributed by atoms with Gasteiger partial charge in [0, 0.05) is 45.3 Å². The van der Waals surface area contributed by atoms with Crippen LogP contribution >= 0.6 is 0 Å². The highest BCUT2D eigenvalue weighted by Gasteiger charge is 2.30. The Morgan fingerprint density at radius 3 is 1.65 bits per heavy atom. The van der Waals surface area contributed by atoms with Crippen molar-refractivity contribution in [2.24, 2.45) is 0 Å². The molecule has 2 unspecified atom stereocenters. The quantitative estimate of drug-likeness (QED) is 0.161. The van der Waals surface area contributed by atoms with Crippen LogP contribution in [0.25, 0.3) is 10.8 Å². The normalized spacial score (nSPS) is 12.9. The van der Waals surface area contributed by atoms with Gasteiger partial charge in [-0.25, -0.2) is 0 Å². The van der Waals surface area contributed by atoms with Gasteiger partial charge in [-0.15, -0.1) is 0 Å². The Hall–Kier alpha value is -4.90. The molecule has 0 amide bonds. The number of aryl methyl sites for hydroxylation is 2. The molecule has 6 rings (SSSR count). The molecule has 3 heterocycles. The molecule has 43 heavy (non-hydrogen) atoms. The minimum atomic E-state index is -0.165. The van der Waals surface area contributed by atoms with Crippen molar-refractivity contribution >= 4 is 22.3 Å². The van der Waals surface area contributed by atoms with Crippen molar-refractivity contribution < 1.29 is 9.59 Å². The summed E-state index contributed by atoms with van der Waals surface area (Å²) in [6, 6.07) is 29.6. The van der Waals surface area contributed by atoms with Crippen LogP contribution in [0.5, 0.6) is 0 Å². The third kappa shape index (κ3) is 4.85. The molecule has 216 valence electrons. The Labute approximate surface area is 252 Å². The molecule has 3 N–H and O–H groups in total. The second-order valence-corrected chi connectivity index (χ2v) is 11.7. The molecular formula is C38H37N3O2. The molecule has 6 aromatic rings. The lowest BCUT2D eigenvalue weighted by molar-refractivity contribution is 0.100. The number of nitrogens with one attached hydrogen (secondary N) is 3. The fourth-order valence-corrected chi connectivity index (χ4v) is 7.08. The van der Waals surface area contributed by atoms with E-state index in [-0.39, 0.29) is 23.4 Å². The average Bonchev–Trinajstić information content (AvgIpc) is 3.65. The van der Waals surface area contributed by atoms with Crippen molar-refractivity contribution in [1.29, 1.82) is 0 Å². The molecule has 0 aliphatic rings. The molecule has 0 aliphatic heterocycles. The van der Waals surface area contributed by atoms with E-state index in [0.717, 1.165) is 67.5 Å². The molecule has 0 saturated carbocycles. The summed E-state index contributed by atoms with van der Waals surface area (Å²) < 4.78 is 0. The SMILES string of the molecule is CC(=O)c1c(C)[nH]c(C(c2ccccc2)c2ccc(C(c3[nH]c(C)c(C(C)=O)c3C)c3cccc4ccccc34)[nH]2)c1C. The van der Waals surface area contributed by atoms with Gasteiger partial charge in [-0.3, -0.25) is 9.59 Å². The van der Waals surface area contributed by atoms with Crippen LogP contribution in [0.2, 0.25) is 0 Å². The monoisotopic (exact) mass is 567 g/mol. The molecule has 3 aromatic carbocycles. The second-order valence-electron chi connectivity index (χ2n) is 11.7. The van der Waals surface area contributed by atoms with Gasteiger partial charge in [-0.2, -0.15) is 0 Å². The maximum absolute atomic E-state index is 12.7. The van der Waals surface area contributed by atoms with Gasteiger partial charge in [0.15, 0.2) is 11.6 Å². The van der Waals surface area contributed by atoms with Gasteiger partial charge in [0.1, 0.15) is 0 Å². The van der Waals surface area contributed by atoms with Gasteiger partial charge in [-0.05, 0) is 86.7 Å². The van der Waals surface area contributed by atoms with Crippen LogP contribution in [0, 0.1) is 27.7 Å². The Bertz CT molecular complexity index is 1980. The summed E-state index contributed by atoms with van der Waals surface area (Å²) in [5.74, 6) is -0.174. The lowest BCUT2D eigenvalue weighted by Gasteiger charge is -2.21. The van der Waals surface area contributed by atoms with E-state index < -0.39 is 0 Å². The third-order valence-electron chi connectivity index (χ3n) is 8.85. The summed E-state index contributed by atoms with van der Waals surface area (Å²) >= 11 is 0. The predicted molar refractivity (Wildman–Crippen MR) is 174 cm³/mol. The van der Waals surface area contributed by atoms with Crippen molar-refractivity contribution in [3.8, 4) is 0 Å². The fraction of sp³-hybridized carbons (Fsp3) is 0.211. The molecular weight excluding hydrogens is 530 g/mol. The highest BCUT2D eigenvalue weighted by molar-refractivity contribution is 5.98. The Morgan fingerprint density at radius 1 is 0.558 bits per heavy atom. The van der Waals surface area contributed by atoms with Gasteiger partial charge < -0.3 is 15.0 Å². The summed E-state index contributed by atoms with van der Waals surface area (Å²) in [6.45, 7) is 11.3. The summed E-state index contributed by atoms with van der Waals surface area (Å²) in [5, 5.41) is 2.34. The van der Waals surface area contributed by atoms with Gasteiger partial charge in [0.05, 0.1) is 11.8 Å². The van der Waals surface area contributed by atoms with E-state index in [4.69, 9.17) is 0 Å². The van der Waals surface area contributed by atoms with Crippen molar-refractivity contribution in [1.82, 2.24) is 15.0 Å². The maximum atomic E-state index is 12.7. The molecule has 0 aliphatic carbocycles. The standard InChI is InChI=1S/C38H37N3O2/c1-21-33(25(5)42)23(3)39-37(21)35(28-14-8-7-9-15-28)31-19-20-32(41-31)36(38-22(2)34(26(6)43)24(4)40-38)30-18-12-16-27-13-10-11-17-29(27)30/h7-20,35-36,39-41H,1-6H3. The highest BCUT2D eigenvalue weighted by atomic mass is 16.1. The Morgan fingerprint density at radius 2 is 1.07 bits per heavy atom. The number of carbonyl (C=O) groups is 2. The summed E-state index contributed by atoms with van der Waals surface area (Å²) in [5.41, 5.74) is 11.6. The number of hydrogen-bond acceptors (Lipinski definition) is 2. The van der Waals surface area contributed by atoms with Crippen LogP contribution in [0.15, 0.2) is 84.9 Å². The van der Waals surface area contributed by atoms with Gasteiger partial charge >= 0.3 is 0 Å². The first-order valence-electron chi connectivity index (χ1n) is 14.8. The zero-order chi connectivity index (χ0) is 30.4. The Balaban J connectivity index is 1.58. The molecule has 0 radical (unpaired) electrons. The van der Waals surface area contributed by atoms with Crippen LogP contribution in [0.3, 0.4) is 0 Å². The van der Waals surface area contributed by atoms with E-state index in [1.165, 1.54) is 10.8 Å². The van der Waals surface area contributed by atoms with Crippen LogP contribution in [-0.4, -0.2) is 26.5 Å². The fourth-order valence-electron chi connectivity index (χ4n) is 7.08. The summed E-state index contributed by atoms with van der Waals surface area (Å²) in [6.07, 6.45) is 0. The van der Waals surface area contributed by atoms with Crippen LogP contribution < -0.4 is 0 Å². The van der Waals surface area contributed by atoms with Gasteiger partial charge in [0.2, 0.25) is 0 Å². The molecule has 5 heteroatoms. The highest BCUT2D eigenvalue weighted by Crippen LogP contribution is 2.41. The molecule has 0 saturated heterocycles. The molecule has 5 nitrogen and oxygen atoms in total. The van der Waals surface area contributed by atoms with Crippen LogP contribution in [0.1, 0.15) is 103 Å². The van der Waals surface area contributed by atoms with Crippen molar-refractivity contribution in [2.75, 3.05) is 0 Å². The number of carbonyl (C=O) groups excluding carboxylic acids is 2.